The van der Waals surface area contributed by atoms with E-state index in [0.717, 1.165) is 24.3 Å². The molecule has 0 aliphatic carbocycles. The number of nitrogens with one attached hydrogen (secondary N) is 5. The number of hydrogen-bond acceptors (Lipinski definition) is 22. The molecule has 1 saturated heterocycles. The Morgan fingerprint density at radius 2 is 1.00 bits per heavy atom. The third kappa shape index (κ3) is 10.6. The molecule has 0 bridgehead atoms. The number of halogens is 3. The molecular formula is C40H29Cl3N12O16S4. The molecular weight excluding hydrogens is 1140 g/mol. The Hall–Kier alpha value is -7.21. The molecule has 0 atom stereocenters. The van der Waals surface area contributed by atoms with Crippen molar-refractivity contribution in [1.29, 1.82) is 0 Å². The van der Waals surface area contributed by atoms with Crippen molar-refractivity contribution in [1.82, 2.24) is 39.9 Å². The van der Waals surface area contributed by atoms with Crippen LogP contribution in [0.3, 0.4) is 0 Å². The average Bonchev–Trinajstić information content (AvgIpc) is 3.34. The van der Waals surface area contributed by atoms with Gasteiger partial charge in [-0.1, -0.05) is 23.2 Å². The van der Waals surface area contributed by atoms with Gasteiger partial charge in [-0.05, 0) is 84.4 Å². The zero-order valence-corrected chi connectivity index (χ0v) is 42.4. The Labute approximate surface area is 434 Å². The van der Waals surface area contributed by atoms with Crippen LogP contribution in [0.15, 0.2) is 101 Å². The van der Waals surface area contributed by atoms with Crippen LogP contribution in [-0.4, -0.2) is 118 Å². The van der Waals surface area contributed by atoms with Crippen LogP contribution in [-0.2, 0) is 45.2 Å². The topological polar surface area (TPSA) is 410 Å². The van der Waals surface area contributed by atoms with Gasteiger partial charge in [0.2, 0.25) is 29.1 Å². The molecule has 1 aliphatic heterocycles. The highest BCUT2D eigenvalue weighted by molar-refractivity contribution is 7.86. The number of ether oxygens (including phenoxy) is 2. The molecule has 5 heterocycles. The van der Waals surface area contributed by atoms with E-state index in [2.05, 4.69) is 55.8 Å². The summed E-state index contributed by atoms with van der Waals surface area (Å²) in [7, 11) is -19.5. The maximum Gasteiger partial charge on any atom is 0.328 e. The molecule has 1 fully saturated rings. The van der Waals surface area contributed by atoms with Crippen molar-refractivity contribution in [3.8, 4) is 11.8 Å². The van der Waals surface area contributed by atoms with Gasteiger partial charge in [-0.25, -0.2) is 0 Å². The maximum absolute atomic E-state index is 13.3. The fourth-order valence-electron chi connectivity index (χ4n) is 7.45. The van der Waals surface area contributed by atoms with Gasteiger partial charge in [0, 0.05) is 18.8 Å². The number of nitrogens with zero attached hydrogens (tertiary/aromatic N) is 7. The van der Waals surface area contributed by atoms with E-state index >= 15 is 0 Å². The highest BCUT2D eigenvalue weighted by Crippen LogP contribution is 2.43. The fourth-order valence-corrected chi connectivity index (χ4v) is 10.7. The predicted molar refractivity (Wildman–Crippen MR) is 267 cm³/mol. The third-order valence-corrected chi connectivity index (χ3v) is 15.2. The summed E-state index contributed by atoms with van der Waals surface area (Å²) in [4.78, 5) is 30.2. The van der Waals surface area contributed by atoms with Crippen molar-refractivity contribution in [2.24, 2.45) is 0 Å². The number of aromatic nitrogens is 8. The van der Waals surface area contributed by atoms with Crippen LogP contribution in [0.25, 0.3) is 44.4 Å². The Kier molecular flexibility index (Phi) is 13.1. The van der Waals surface area contributed by atoms with E-state index in [0.29, 0.717) is 26.3 Å². The average molecular weight is 1170 g/mol. The van der Waals surface area contributed by atoms with Crippen LogP contribution in [0.5, 0.6) is 11.8 Å². The summed E-state index contributed by atoms with van der Waals surface area (Å²) in [5, 5.41) is 7.25. The van der Waals surface area contributed by atoms with Crippen molar-refractivity contribution in [3.05, 3.63) is 88.1 Å². The zero-order chi connectivity index (χ0) is 53.4. The van der Waals surface area contributed by atoms with E-state index in [1.54, 1.807) is 4.90 Å². The molecule has 9 N–H and O–H groups in total. The second kappa shape index (κ2) is 19.2. The molecule has 0 radical (unpaired) electrons. The number of H-pyrrole nitrogens is 2. The van der Waals surface area contributed by atoms with E-state index < -0.39 is 83.6 Å². The number of rotatable bonds is 13. The Morgan fingerprint density at radius 3 is 1.48 bits per heavy atom. The first-order valence-electron chi connectivity index (χ1n) is 20.8. The van der Waals surface area contributed by atoms with Gasteiger partial charge in [-0.15, -0.1) is 0 Å². The molecule has 28 nitrogen and oxygen atoms in total. The molecule has 0 spiro atoms. The van der Waals surface area contributed by atoms with Crippen molar-refractivity contribution >= 4 is 161 Å². The van der Waals surface area contributed by atoms with Crippen LogP contribution in [0.2, 0.25) is 15.3 Å². The molecule has 10 rings (SSSR count). The molecule has 35 heteroatoms. The molecule has 5 aromatic carbocycles. The molecule has 4 aromatic heterocycles. The van der Waals surface area contributed by atoms with Crippen molar-refractivity contribution < 1.29 is 70.2 Å². The lowest BCUT2D eigenvalue weighted by molar-refractivity contribution is 0.122. The molecule has 0 amide bonds. The number of hydrogen-bond donors (Lipinski definition) is 9. The smallest absolute Gasteiger partial charge is 0.328 e. The van der Waals surface area contributed by atoms with Gasteiger partial charge in [-0.3, -0.25) is 18.2 Å². The Balaban J connectivity index is 1.04. The minimum absolute atomic E-state index is 0.00375. The standard InChI is InChI=1S/C40H29Cl3N12O16S4/c41-25-28-32(26(42)27-31(25)70-29-21(45-27)9-11-23(33(29)74(62,63)64)47-37-49-35(43)50-40(54-37)69-18-3-7-20(8-4-18)73(59,60)61)71-30-22(46-28)10-12-24(34(30)75(65,66)67)48-38-51-36(52-39(53-38)55-13-15-68-16-14-55)44-17-1-5-19(6-2-17)72(56,57)58/h1-12,45-46H,13-16H2,(H,56,57,58)(H,59,60,61)(H,62,63,64)(H,65,66,67)(H,47,49,50,54)(H2,44,48,51,52,53). The maximum atomic E-state index is 13.3. The van der Waals surface area contributed by atoms with E-state index in [1.165, 1.54) is 48.5 Å². The largest absolute Gasteiger partial charge is 0.450 e. The van der Waals surface area contributed by atoms with Crippen LogP contribution in [0, 0.1) is 0 Å². The Bertz CT molecular complexity index is 4340. The number of aromatic amines is 2. The summed E-state index contributed by atoms with van der Waals surface area (Å²) in [6.45, 7) is 1.38. The minimum Gasteiger partial charge on any atom is -0.450 e. The summed E-state index contributed by atoms with van der Waals surface area (Å²) >= 11 is 20.0. The summed E-state index contributed by atoms with van der Waals surface area (Å²) in [6.07, 6.45) is 0. The van der Waals surface area contributed by atoms with Gasteiger partial charge in [-0.2, -0.15) is 63.6 Å². The first-order chi connectivity index (χ1) is 35.4. The van der Waals surface area contributed by atoms with E-state index in [1.807, 2.05) is 0 Å². The van der Waals surface area contributed by atoms with Crippen LogP contribution in [0.1, 0.15) is 0 Å². The van der Waals surface area contributed by atoms with Crippen LogP contribution >= 0.6 is 34.8 Å². The van der Waals surface area contributed by atoms with E-state index in [-0.39, 0.29) is 88.8 Å². The summed E-state index contributed by atoms with van der Waals surface area (Å²) in [5.74, 6) is -0.633. The second-order valence-electron chi connectivity index (χ2n) is 15.6. The van der Waals surface area contributed by atoms with Gasteiger partial charge in [0.15, 0.2) is 32.1 Å². The molecule has 75 heavy (non-hydrogen) atoms. The number of anilines is 7. The van der Waals surface area contributed by atoms with Gasteiger partial charge >= 0.3 is 6.01 Å². The fraction of sp³-hybridized carbons (Fsp3) is 0.100. The lowest BCUT2D eigenvalue weighted by atomic mass is 10.2. The highest BCUT2D eigenvalue weighted by Gasteiger charge is 2.29. The number of benzene rings is 5. The SMILES string of the molecule is O=S(=O)(O)c1ccc(Nc2nc(Nc3ccc4[nH]c5c(Cl)c6oc7c(S(=O)(=O)O)c(Nc8nc(Cl)nc(Oc9ccc(S(=O)(=O)O)cc9)n8)ccc7[nH]c6c(Cl)c5oc4c3S(=O)(=O)O)nc(N3CCOCC3)n2)cc1. The predicted octanol–water partition coefficient (Wildman–Crippen LogP) is 7.44. The van der Waals surface area contributed by atoms with Gasteiger partial charge in [0.1, 0.15) is 26.8 Å². The molecule has 1 aliphatic rings. The summed E-state index contributed by atoms with van der Waals surface area (Å²) < 4.78 is 162. The van der Waals surface area contributed by atoms with Crippen LogP contribution < -0.4 is 25.6 Å². The molecule has 390 valence electrons. The number of fused-ring (bicyclic) bond motifs is 4. The van der Waals surface area contributed by atoms with Crippen LogP contribution in [0.4, 0.5) is 40.9 Å². The van der Waals surface area contributed by atoms with Crippen molar-refractivity contribution in [3.63, 3.8) is 0 Å². The normalized spacial score (nSPS) is 13.7. The van der Waals surface area contributed by atoms with Gasteiger partial charge < -0.3 is 49.1 Å². The van der Waals surface area contributed by atoms with E-state index in [4.69, 9.17) is 53.1 Å². The summed E-state index contributed by atoms with van der Waals surface area (Å²) in [6, 6.07) is 14.0. The van der Waals surface area contributed by atoms with Gasteiger partial charge in [0.05, 0.1) is 45.4 Å². The molecule has 9 aromatic rings. The van der Waals surface area contributed by atoms with Crippen molar-refractivity contribution in [2.75, 3.05) is 47.2 Å². The second-order valence-corrected chi connectivity index (χ2v) is 22.2. The summed E-state index contributed by atoms with van der Waals surface area (Å²) in [5.41, 5.74) is -2.49. The first kappa shape index (κ1) is 51.3. The lowest BCUT2D eigenvalue weighted by Gasteiger charge is -2.27. The third-order valence-electron chi connectivity index (χ3n) is 10.7. The number of morpholine rings is 1. The minimum atomic E-state index is -5.22. The van der Waals surface area contributed by atoms with E-state index in [9.17, 15) is 51.9 Å². The van der Waals surface area contributed by atoms with Crippen molar-refractivity contribution in [2.45, 2.75) is 19.6 Å². The first-order valence-corrected chi connectivity index (χ1v) is 27.6. The quantitative estimate of drug-likeness (QED) is 0.0400. The molecule has 0 unspecified atom stereocenters. The van der Waals surface area contributed by atoms with Gasteiger partial charge in [0.25, 0.3) is 40.5 Å². The highest BCUT2D eigenvalue weighted by atomic mass is 35.5. The lowest BCUT2D eigenvalue weighted by Crippen LogP contribution is -2.37. The monoisotopic (exact) mass is 1170 g/mol. The zero-order valence-electron chi connectivity index (χ0n) is 36.8. The molecule has 0 saturated carbocycles. The Morgan fingerprint density at radius 1 is 0.533 bits per heavy atom.